The van der Waals surface area contributed by atoms with Crippen molar-refractivity contribution in [1.82, 2.24) is 4.90 Å². The average molecular weight is 704 g/mol. The van der Waals surface area contributed by atoms with E-state index in [4.69, 9.17) is 32.8 Å². The Hall–Kier alpha value is -3.09. The van der Waals surface area contributed by atoms with Gasteiger partial charge in [-0.2, -0.15) is 26.3 Å². The molecule has 1 aliphatic rings. The molecule has 0 radical (unpaired) electrons. The largest absolute Gasteiger partial charge is 0.416 e. The summed E-state index contributed by atoms with van der Waals surface area (Å²) in [5.74, 6) is -0.475. The zero-order chi connectivity index (χ0) is 34.2. The molecule has 254 valence electrons. The summed E-state index contributed by atoms with van der Waals surface area (Å²) >= 11 is 12.5. The molecule has 1 unspecified atom stereocenters. The first-order valence-electron chi connectivity index (χ1n) is 14.8. The van der Waals surface area contributed by atoms with Gasteiger partial charge in [-0.05, 0) is 72.8 Å². The van der Waals surface area contributed by atoms with Crippen LogP contribution < -0.4 is 0 Å². The third-order valence-corrected chi connectivity index (χ3v) is 8.76. The zero-order valence-electron chi connectivity index (χ0n) is 25.3. The third-order valence-electron chi connectivity index (χ3n) is 8.02. The molecule has 0 aliphatic carbocycles. The van der Waals surface area contributed by atoms with Crippen molar-refractivity contribution in [2.75, 3.05) is 32.8 Å². The minimum atomic E-state index is -4.98. The van der Waals surface area contributed by atoms with Crippen LogP contribution in [0.3, 0.4) is 0 Å². The summed E-state index contributed by atoms with van der Waals surface area (Å²) in [6, 6.07) is 15.9. The van der Waals surface area contributed by atoms with Gasteiger partial charge in [0.2, 0.25) is 0 Å². The fraction of sp³-hybridized carbons (Fsp3) is 0.382. The fourth-order valence-corrected chi connectivity index (χ4v) is 5.80. The van der Waals surface area contributed by atoms with Gasteiger partial charge in [0.15, 0.2) is 0 Å². The summed E-state index contributed by atoms with van der Waals surface area (Å²) < 4.78 is 86.0. The normalized spacial score (nSPS) is 16.6. The summed E-state index contributed by atoms with van der Waals surface area (Å²) in [6.07, 6.45) is -6.96. The zero-order valence-corrected chi connectivity index (χ0v) is 26.8. The van der Waals surface area contributed by atoms with Crippen LogP contribution in [0.1, 0.15) is 53.0 Å². The van der Waals surface area contributed by atoms with Crippen LogP contribution in [0.4, 0.5) is 26.3 Å². The molecule has 3 aromatic rings. The topological polar surface area (TPSA) is 54.3 Å². The summed E-state index contributed by atoms with van der Waals surface area (Å²) in [4.78, 5) is 7.59. The highest BCUT2D eigenvalue weighted by atomic mass is 35.5. The van der Waals surface area contributed by atoms with Crippen molar-refractivity contribution in [1.29, 1.82) is 0 Å². The van der Waals surface area contributed by atoms with Crippen molar-refractivity contribution in [3.8, 4) is 0 Å². The summed E-state index contributed by atoms with van der Waals surface area (Å²) in [5.41, 5.74) is -2.18. The van der Waals surface area contributed by atoms with Crippen LogP contribution in [-0.2, 0) is 34.1 Å². The van der Waals surface area contributed by atoms with Crippen molar-refractivity contribution in [3.63, 3.8) is 0 Å². The molecule has 4 rings (SSSR count). The van der Waals surface area contributed by atoms with Crippen molar-refractivity contribution in [3.05, 3.63) is 117 Å². The number of nitrogens with zero attached hydrogens (tertiary/aromatic N) is 2. The lowest BCUT2D eigenvalue weighted by Crippen LogP contribution is -2.43. The smallest absolute Gasteiger partial charge is 0.392 e. The molecule has 1 atom stereocenters. The monoisotopic (exact) mass is 702 g/mol. The Morgan fingerprint density at radius 2 is 1.57 bits per heavy atom. The average Bonchev–Trinajstić information content (AvgIpc) is 3.03. The number of likely N-dealkylation sites (tertiary alicyclic amines) is 1. The van der Waals surface area contributed by atoms with Gasteiger partial charge in [-0.25, -0.2) is 0 Å². The van der Waals surface area contributed by atoms with Crippen molar-refractivity contribution >= 4 is 28.9 Å². The molecule has 47 heavy (non-hydrogen) atoms. The van der Waals surface area contributed by atoms with Crippen molar-refractivity contribution in [2.45, 2.75) is 49.7 Å². The van der Waals surface area contributed by atoms with Crippen LogP contribution in [0.5, 0.6) is 0 Å². The second-order valence-electron chi connectivity index (χ2n) is 11.3. The number of hydrogen-bond acceptors (Lipinski definition) is 5. The van der Waals surface area contributed by atoms with E-state index in [-0.39, 0.29) is 29.9 Å². The number of piperidine rings is 1. The Bertz CT molecular complexity index is 1490. The predicted molar refractivity (Wildman–Crippen MR) is 170 cm³/mol. The van der Waals surface area contributed by atoms with Gasteiger partial charge in [-0.1, -0.05) is 77.4 Å². The number of hydrogen-bond donors (Lipinski definition) is 1. The number of halogens is 8. The first kappa shape index (κ1) is 36.7. The van der Waals surface area contributed by atoms with Gasteiger partial charge in [0.25, 0.3) is 0 Å². The molecule has 0 aromatic heterocycles. The summed E-state index contributed by atoms with van der Waals surface area (Å²) in [7, 11) is 0. The highest BCUT2D eigenvalue weighted by Gasteiger charge is 2.37. The van der Waals surface area contributed by atoms with E-state index < -0.39 is 41.6 Å². The minimum Gasteiger partial charge on any atom is -0.392 e. The van der Waals surface area contributed by atoms with Gasteiger partial charge >= 0.3 is 12.4 Å². The van der Waals surface area contributed by atoms with Crippen molar-refractivity contribution < 1.29 is 41.0 Å². The summed E-state index contributed by atoms with van der Waals surface area (Å²) in [6.45, 7) is 4.63. The number of benzene rings is 3. The molecule has 1 saturated heterocycles. The second-order valence-corrected chi connectivity index (χ2v) is 12.1. The van der Waals surface area contributed by atoms with Crippen molar-refractivity contribution in [2.24, 2.45) is 5.16 Å². The number of ether oxygens (including phenoxy) is 1. The minimum absolute atomic E-state index is 0.0460. The van der Waals surface area contributed by atoms with Gasteiger partial charge in [0.1, 0.15) is 6.61 Å². The lowest BCUT2D eigenvalue weighted by Gasteiger charge is -2.39. The molecule has 0 amide bonds. The number of alkyl halides is 6. The molecule has 3 aromatic carbocycles. The molecule has 1 N–H and O–H groups in total. The predicted octanol–water partition coefficient (Wildman–Crippen LogP) is 9.26. The number of oxime groups is 1. The van der Waals surface area contributed by atoms with Crippen LogP contribution in [0.2, 0.25) is 10.0 Å². The standard InChI is InChI=1S/C34H34Cl2F6N2O3/c1-2-16-47-43-31(22-46-21-23-17-26(33(37,38)39)20-27(18-23)34(40,41)42)28(24-8-9-29(35)30(36)19-24)10-13-44-14-11-32(45,12-15-44)25-6-4-3-5-7-25/h2-9,17-20,28,45H,1,10-16,21-22H2/b43-31+. The van der Waals surface area contributed by atoms with E-state index in [1.807, 2.05) is 30.3 Å². The second kappa shape index (κ2) is 15.9. The van der Waals surface area contributed by atoms with Crippen LogP contribution in [-0.4, -0.2) is 48.6 Å². The molecule has 13 heteroatoms. The Morgan fingerprint density at radius 1 is 0.936 bits per heavy atom. The number of aliphatic hydroxyl groups is 1. The maximum atomic E-state index is 13.4. The van der Waals surface area contributed by atoms with E-state index in [0.29, 0.717) is 67.3 Å². The SMILES string of the molecule is C=CCO/N=C(\COCc1cc(C(F)(F)F)cc(C(F)(F)F)c1)C(CCN1CCC(O)(c2ccccc2)CC1)c1ccc(Cl)c(Cl)c1. The molecule has 1 aliphatic heterocycles. The van der Waals surface area contributed by atoms with Gasteiger partial charge in [-0.3, -0.25) is 0 Å². The van der Waals surface area contributed by atoms with Gasteiger partial charge in [0, 0.05) is 19.0 Å². The van der Waals surface area contributed by atoms with Crippen LogP contribution in [0, 0.1) is 0 Å². The Morgan fingerprint density at radius 3 is 2.15 bits per heavy atom. The first-order chi connectivity index (χ1) is 22.2. The fourth-order valence-electron chi connectivity index (χ4n) is 5.49. The molecule has 5 nitrogen and oxygen atoms in total. The summed E-state index contributed by atoms with van der Waals surface area (Å²) in [5, 5.41) is 16.1. The lowest BCUT2D eigenvalue weighted by molar-refractivity contribution is -0.143. The maximum Gasteiger partial charge on any atom is 0.416 e. The molecular weight excluding hydrogens is 669 g/mol. The first-order valence-corrected chi connectivity index (χ1v) is 15.6. The van der Waals surface area contributed by atoms with E-state index in [9.17, 15) is 31.4 Å². The third kappa shape index (κ3) is 10.2. The van der Waals surface area contributed by atoms with E-state index in [1.165, 1.54) is 6.08 Å². The maximum absolute atomic E-state index is 13.4. The Balaban J connectivity index is 1.54. The van der Waals surface area contributed by atoms with Crippen LogP contribution in [0.25, 0.3) is 0 Å². The van der Waals surface area contributed by atoms with Gasteiger partial charge in [0.05, 0.1) is 45.7 Å². The van der Waals surface area contributed by atoms with Gasteiger partial charge in [-0.15, -0.1) is 0 Å². The number of rotatable bonds is 13. The highest BCUT2D eigenvalue weighted by molar-refractivity contribution is 6.42. The molecule has 0 bridgehead atoms. The molecule has 0 saturated carbocycles. The Labute approximate surface area is 279 Å². The molecular formula is C34H34Cl2F6N2O3. The Kier molecular flexibility index (Phi) is 12.4. The highest BCUT2D eigenvalue weighted by Crippen LogP contribution is 2.37. The lowest BCUT2D eigenvalue weighted by atomic mass is 9.84. The van der Waals surface area contributed by atoms with Crippen LogP contribution in [0.15, 0.2) is 84.5 Å². The van der Waals surface area contributed by atoms with E-state index in [1.54, 1.807) is 18.2 Å². The van der Waals surface area contributed by atoms with Crippen LogP contribution >= 0.6 is 23.2 Å². The quantitative estimate of drug-likeness (QED) is 0.0635. The van der Waals surface area contributed by atoms with E-state index in [0.717, 1.165) is 5.56 Å². The van der Waals surface area contributed by atoms with E-state index >= 15 is 0 Å². The molecule has 1 heterocycles. The molecule has 0 spiro atoms. The molecule has 1 fully saturated rings. The van der Waals surface area contributed by atoms with E-state index in [2.05, 4.69) is 16.6 Å². The van der Waals surface area contributed by atoms with Gasteiger partial charge < -0.3 is 19.6 Å².